The van der Waals surface area contributed by atoms with Crippen molar-refractivity contribution in [2.24, 2.45) is 0 Å². The number of pyridine rings is 1. The maximum Gasteiger partial charge on any atom is 0.416 e. The highest BCUT2D eigenvalue weighted by molar-refractivity contribution is 9.10. The monoisotopic (exact) mass is 449 g/mol. The van der Waals surface area contributed by atoms with E-state index < -0.39 is 17.7 Å². The van der Waals surface area contributed by atoms with Gasteiger partial charge in [0.25, 0.3) is 0 Å². The number of hydrogen-bond donors (Lipinski definition) is 0. The van der Waals surface area contributed by atoms with Crippen molar-refractivity contribution in [1.29, 1.82) is 0 Å². The Labute approximate surface area is 168 Å². The van der Waals surface area contributed by atoms with Gasteiger partial charge in [-0.25, -0.2) is 4.79 Å². The Morgan fingerprint density at radius 2 is 1.64 bits per heavy atom. The van der Waals surface area contributed by atoms with E-state index in [1.54, 1.807) is 37.4 Å². The Hall–Kier alpha value is -2.67. The summed E-state index contributed by atoms with van der Waals surface area (Å²) >= 11 is 3.38. The molecule has 1 heterocycles. The third kappa shape index (κ3) is 4.42. The van der Waals surface area contributed by atoms with Gasteiger partial charge in [-0.2, -0.15) is 13.2 Å². The predicted octanol–water partition coefficient (Wildman–Crippen LogP) is 6.37. The number of benzene rings is 2. The zero-order valence-corrected chi connectivity index (χ0v) is 16.3. The molecule has 3 nitrogen and oxygen atoms in total. The molecule has 0 atom stereocenters. The quantitative estimate of drug-likeness (QED) is 0.434. The molecule has 0 aliphatic carbocycles. The fourth-order valence-electron chi connectivity index (χ4n) is 2.71. The summed E-state index contributed by atoms with van der Waals surface area (Å²) in [5.41, 5.74) is 2.31. The van der Waals surface area contributed by atoms with E-state index in [9.17, 15) is 18.0 Å². The van der Waals surface area contributed by atoms with Crippen LogP contribution in [-0.4, -0.2) is 17.6 Å². The lowest BCUT2D eigenvalue weighted by Crippen LogP contribution is -2.04. The molecule has 0 bridgehead atoms. The van der Waals surface area contributed by atoms with E-state index in [1.165, 1.54) is 12.1 Å². The van der Waals surface area contributed by atoms with Gasteiger partial charge in [0.15, 0.2) is 0 Å². The van der Waals surface area contributed by atoms with Crippen LogP contribution in [0, 0.1) is 0 Å². The number of nitrogens with zero attached hydrogens (tertiary/aromatic N) is 1. The number of carbonyl (C=O) groups is 1. The lowest BCUT2D eigenvalue weighted by molar-refractivity contribution is -0.137. The molecule has 0 unspecified atom stereocenters. The summed E-state index contributed by atoms with van der Waals surface area (Å²) in [4.78, 5) is 16.2. The molecule has 3 aromatic rings. The normalized spacial score (nSPS) is 11.3. The van der Waals surface area contributed by atoms with Gasteiger partial charge in [0.2, 0.25) is 0 Å². The minimum atomic E-state index is -4.39. The van der Waals surface area contributed by atoms with Crippen LogP contribution in [-0.2, 0) is 10.9 Å². The second kappa shape index (κ2) is 8.14. The number of carbonyl (C=O) groups excluding carboxylic acids is 1. The highest BCUT2D eigenvalue weighted by atomic mass is 79.9. The topological polar surface area (TPSA) is 39.2 Å². The molecule has 0 amide bonds. The first-order valence-corrected chi connectivity index (χ1v) is 9.19. The van der Waals surface area contributed by atoms with Gasteiger partial charge in [-0.15, -0.1) is 0 Å². The number of esters is 1. The largest absolute Gasteiger partial charge is 0.462 e. The highest BCUT2D eigenvalue weighted by Crippen LogP contribution is 2.35. The standard InChI is InChI=1S/C21H15BrF3NO2/c1-2-28-20(27)15-5-3-13(4-6-15)18-11-17(22)12-26-19(18)14-7-9-16(10-8-14)21(23,24)25/h3-12H,2H2,1H3. The van der Waals surface area contributed by atoms with Crippen LogP contribution in [0.5, 0.6) is 0 Å². The van der Waals surface area contributed by atoms with Crippen molar-refractivity contribution in [1.82, 2.24) is 4.98 Å². The van der Waals surface area contributed by atoms with Crippen molar-refractivity contribution in [3.8, 4) is 22.4 Å². The molecule has 0 fully saturated rings. The Balaban J connectivity index is 2.01. The molecule has 7 heteroatoms. The van der Waals surface area contributed by atoms with E-state index in [1.807, 2.05) is 6.07 Å². The van der Waals surface area contributed by atoms with E-state index in [0.29, 0.717) is 16.8 Å². The van der Waals surface area contributed by atoms with Crippen LogP contribution < -0.4 is 0 Å². The second-order valence-electron chi connectivity index (χ2n) is 5.92. The zero-order valence-electron chi connectivity index (χ0n) is 14.8. The van der Waals surface area contributed by atoms with Crippen LogP contribution in [0.25, 0.3) is 22.4 Å². The van der Waals surface area contributed by atoms with Crippen LogP contribution in [0.1, 0.15) is 22.8 Å². The summed E-state index contributed by atoms with van der Waals surface area (Å²) in [7, 11) is 0. The maximum atomic E-state index is 12.8. The average Bonchev–Trinajstić information content (AvgIpc) is 2.68. The number of hydrogen-bond acceptors (Lipinski definition) is 3. The van der Waals surface area contributed by atoms with Gasteiger partial charge in [-0.05, 0) is 58.7 Å². The smallest absolute Gasteiger partial charge is 0.416 e. The molecular formula is C21H15BrF3NO2. The van der Waals surface area contributed by atoms with Gasteiger partial charge in [0, 0.05) is 21.8 Å². The molecule has 3 rings (SSSR count). The molecule has 0 spiro atoms. The maximum absolute atomic E-state index is 12.8. The van der Waals surface area contributed by atoms with Gasteiger partial charge in [-0.1, -0.05) is 24.3 Å². The summed E-state index contributed by atoms with van der Waals surface area (Å²) in [5.74, 6) is -0.413. The van der Waals surface area contributed by atoms with Crippen LogP contribution >= 0.6 is 15.9 Å². The minimum Gasteiger partial charge on any atom is -0.462 e. The Bertz CT molecular complexity index is 984. The van der Waals surface area contributed by atoms with Crippen molar-refractivity contribution < 1.29 is 22.7 Å². The van der Waals surface area contributed by atoms with Crippen molar-refractivity contribution in [3.05, 3.63) is 76.4 Å². The molecule has 144 valence electrons. The fraction of sp³-hybridized carbons (Fsp3) is 0.143. The number of rotatable bonds is 4. The van der Waals surface area contributed by atoms with Crippen molar-refractivity contribution in [2.75, 3.05) is 6.61 Å². The Morgan fingerprint density at radius 3 is 2.21 bits per heavy atom. The molecule has 2 aromatic carbocycles. The Morgan fingerprint density at radius 1 is 1.04 bits per heavy atom. The summed E-state index contributed by atoms with van der Waals surface area (Å²) in [5, 5.41) is 0. The first-order valence-electron chi connectivity index (χ1n) is 8.40. The van der Waals surface area contributed by atoms with Gasteiger partial charge < -0.3 is 4.74 Å². The first kappa shape index (κ1) is 20.1. The van der Waals surface area contributed by atoms with Crippen LogP contribution in [0.4, 0.5) is 13.2 Å². The summed E-state index contributed by atoms with van der Waals surface area (Å²) in [6, 6.07) is 13.5. The van der Waals surface area contributed by atoms with Gasteiger partial charge >= 0.3 is 12.1 Å². The first-order chi connectivity index (χ1) is 13.3. The third-order valence-electron chi connectivity index (χ3n) is 4.05. The van der Waals surface area contributed by atoms with E-state index >= 15 is 0 Å². The van der Waals surface area contributed by atoms with Crippen LogP contribution in [0.3, 0.4) is 0 Å². The molecule has 0 N–H and O–H groups in total. The number of ether oxygens (including phenoxy) is 1. The van der Waals surface area contributed by atoms with Gasteiger partial charge in [0.1, 0.15) is 0 Å². The average molecular weight is 450 g/mol. The Kier molecular flexibility index (Phi) is 5.84. The van der Waals surface area contributed by atoms with Crippen molar-refractivity contribution in [3.63, 3.8) is 0 Å². The molecule has 0 radical (unpaired) electrons. The second-order valence-corrected chi connectivity index (χ2v) is 6.84. The van der Waals surface area contributed by atoms with Gasteiger partial charge in [-0.3, -0.25) is 4.98 Å². The fourth-order valence-corrected chi connectivity index (χ4v) is 3.04. The molecule has 0 aliphatic rings. The third-order valence-corrected chi connectivity index (χ3v) is 4.48. The molecule has 0 aliphatic heterocycles. The number of alkyl halides is 3. The number of halogens is 4. The molecular weight excluding hydrogens is 435 g/mol. The molecule has 28 heavy (non-hydrogen) atoms. The molecule has 0 saturated carbocycles. The van der Waals surface area contributed by atoms with Crippen LogP contribution in [0.15, 0.2) is 65.3 Å². The van der Waals surface area contributed by atoms with Crippen molar-refractivity contribution >= 4 is 21.9 Å². The lowest BCUT2D eigenvalue weighted by atomic mass is 9.98. The van der Waals surface area contributed by atoms with Gasteiger partial charge in [0.05, 0.1) is 23.4 Å². The van der Waals surface area contributed by atoms with E-state index in [4.69, 9.17) is 4.74 Å². The lowest BCUT2D eigenvalue weighted by Gasteiger charge is -2.12. The highest BCUT2D eigenvalue weighted by Gasteiger charge is 2.30. The van der Waals surface area contributed by atoms with E-state index in [2.05, 4.69) is 20.9 Å². The minimum absolute atomic E-state index is 0.286. The SMILES string of the molecule is CCOC(=O)c1ccc(-c2cc(Br)cnc2-c2ccc(C(F)(F)F)cc2)cc1. The molecule has 1 aromatic heterocycles. The van der Waals surface area contributed by atoms with E-state index in [0.717, 1.165) is 27.7 Å². The summed E-state index contributed by atoms with van der Waals surface area (Å²) in [6.07, 6.45) is -2.80. The predicted molar refractivity (Wildman–Crippen MR) is 104 cm³/mol. The summed E-state index contributed by atoms with van der Waals surface area (Å²) < 4.78 is 44.2. The van der Waals surface area contributed by atoms with Crippen molar-refractivity contribution in [2.45, 2.75) is 13.1 Å². The number of aromatic nitrogens is 1. The summed E-state index contributed by atoms with van der Waals surface area (Å²) in [6.45, 7) is 2.02. The zero-order chi connectivity index (χ0) is 20.3. The van der Waals surface area contributed by atoms with Crippen LogP contribution in [0.2, 0.25) is 0 Å². The molecule has 0 saturated heterocycles. The van der Waals surface area contributed by atoms with E-state index in [-0.39, 0.29) is 6.61 Å².